The van der Waals surface area contributed by atoms with Gasteiger partial charge in [-0.15, -0.1) is 0 Å². The molecule has 1 aromatic carbocycles. The molecule has 0 unspecified atom stereocenters. The van der Waals surface area contributed by atoms with E-state index in [1.165, 1.54) is 16.7 Å². The number of hydrogen-bond acceptors (Lipinski definition) is 3. The molecule has 0 amide bonds. The van der Waals surface area contributed by atoms with Gasteiger partial charge in [0.15, 0.2) is 0 Å². The molecule has 94 valence electrons. The zero-order chi connectivity index (χ0) is 12.8. The van der Waals surface area contributed by atoms with Gasteiger partial charge in [0.05, 0.1) is 13.0 Å². The van der Waals surface area contributed by atoms with Crippen LogP contribution in [-0.4, -0.2) is 19.1 Å². The fraction of sp³-hybridized carbons (Fsp3) is 0.500. The Morgan fingerprint density at radius 3 is 2.35 bits per heavy atom. The average Bonchev–Trinajstić information content (AvgIpc) is 2.26. The van der Waals surface area contributed by atoms with E-state index in [9.17, 15) is 4.79 Å². The molecule has 0 radical (unpaired) electrons. The van der Waals surface area contributed by atoms with Gasteiger partial charge in [0.1, 0.15) is 0 Å². The van der Waals surface area contributed by atoms with E-state index in [1.807, 2.05) is 6.92 Å². The van der Waals surface area contributed by atoms with Crippen LogP contribution in [0.5, 0.6) is 0 Å². The van der Waals surface area contributed by atoms with Crippen LogP contribution in [0.3, 0.4) is 0 Å². The quantitative estimate of drug-likeness (QED) is 0.797. The van der Waals surface area contributed by atoms with Crippen LogP contribution in [0.4, 0.5) is 5.69 Å². The molecule has 1 rings (SSSR count). The Morgan fingerprint density at radius 2 is 1.82 bits per heavy atom. The number of ether oxygens (including phenoxy) is 1. The summed E-state index contributed by atoms with van der Waals surface area (Å²) in [6, 6.07) is 4.21. The lowest BCUT2D eigenvalue weighted by Gasteiger charge is -2.11. The van der Waals surface area contributed by atoms with E-state index in [1.54, 1.807) is 0 Å². The number of carbonyl (C=O) groups is 1. The number of hydrogen-bond donors (Lipinski definition) is 1. The zero-order valence-corrected chi connectivity index (χ0v) is 11.1. The lowest BCUT2D eigenvalue weighted by Crippen LogP contribution is -2.11. The monoisotopic (exact) mass is 235 g/mol. The number of aryl methyl sites for hydroxylation is 2. The van der Waals surface area contributed by atoms with Crippen LogP contribution in [0.1, 0.15) is 30.0 Å². The third-order valence-electron chi connectivity index (χ3n) is 2.89. The van der Waals surface area contributed by atoms with Crippen LogP contribution in [-0.2, 0) is 9.53 Å². The molecule has 0 saturated heterocycles. The summed E-state index contributed by atoms with van der Waals surface area (Å²) < 4.78 is 4.87. The summed E-state index contributed by atoms with van der Waals surface area (Å²) in [6.07, 6.45) is 0.403. The third kappa shape index (κ3) is 4.10. The maximum atomic E-state index is 11.2. The van der Waals surface area contributed by atoms with Crippen molar-refractivity contribution in [1.82, 2.24) is 0 Å². The summed E-state index contributed by atoms with van der Waals surface area (Å²) >= 11 is 0. The Bertz CT molecular complexity index is 376. The first-order chi connectivity index (χ1) is 8.04. The van der Waals surface area contributed by atoms with Crippen molar-refractivity contribution in [3.8, 4) is 0 Å². The van der Waals surface area contributed by atoms with Crippen molar-refractivity contribution in [2.45, 2.75) is 34.1 Å². The van der Waals surface area contributed by atoms with Gasteiger partial charge in [-0.2, -0.15) is 0 Å². The van der Waals surface area contributed by atoms with Crippen molar-refractivity contribution in [3.63, 3.8) is 0 Å². The number of benzene rings is 1. The van der Waals surface area contributed by atoms with Crippen LogP contribution in [0.25, 0.3) is 0 Å². The highest BCUT2D eigenvalue weighted by Gasteiger charge is 2.03. The zero-order valence-electron chi connectivity index (χ0n) is 11.1. The van der Waals surface area contributed by atoms with Gasteiger partial charge in [0.25, 0.3) is 0 Å². The molecule has 1 N–H and O–H groups in total. The predicted octanol–water partition coefficient (Wildman–Crippen LogP) is 2.98. The molecular weight excluding hydrogens is 214 g/mol. The second-order valence-corrected chi connectivity index (χ2v) is 4.22. The van der Waals surface area contributed by atoms with E-state index >= 15 is 0 Å². The Balaban J connectivity index is 2.50. The van der Waals surface area contributed by atoms with Gasteiger partial charge >= 0.3 is 5.97 Å². The third-order valence-corrected chi connectivity index (χ3v) is 2.89. The number of esters is 1. The topological polar surface area (TPSA) is 38.3 Å². The van der Waals surface area contributed by atoms with Gasteiger partial charge in [-0.1, -0.05) is 0 Å². The molecule has 0 aliphatic rings. The van der Waals surface area contributed by atoms with E-state index in [0.717, 1.165) is 5.69 Å². The van der Waals surface area contributed by atoms with Crippen molar-refractivity contribution >= 4 is 11.7 Å². The molecule has 0 fully saturated rings. The fourth-order valence-corrected chi connectivity index (χ4v) is 1.68. The van der Waals surface area contributed by atoms with E-state index in [2.05, 4.69) is 38.2 Å². The molecule has 0 aliphatic heterocycles. The summed E-state index contributed by atoms with van der Waals surface area (Å²) in [5.41, 5.74) is 4.92. The van der Waals surface area contributed by atoms with Crippen molar-refractivity contribution < 1.29 is 9.53 Å². The van der Waals surface area contributed by atoms with Crippen LogP contribution in [0.2, 0.25) is 0 Å². The molecule has 0 spiro atoms. The second-order valence-electron chi connectivity index (χ2n) is 4.22. The molecule has 3 nitrogen and oxygen atoms in total. The fourth-order valence-electron chi connectivity index (χ4n) is 1.68. The van der Waals surface area contributed by atoms with Crippen molar-refractivity contribution in [1.29, 1.82) is 0 Å². The first-order valence-corrected chi connectivity index (χ1v) is 6.02. The lowest BCUT2D eigenvalue weighted by atomic mass is 10.0. The highest BCUT2D eigenvalue weighted by atomic mass is 16.5. The Hall–Kier alpha value is -1.51. The summed E-state index contributed by atoms with van der Waals surface area (Å²) in [5.74, 6) is -0.152. The van der Waals surface area contributed by atoms with E-state index in [4.69, 9.17) is 4.74 Å². The second kappa shape index (κ2) is 6.28. The summed E-state index contributed by atoms with van der Waals surface area (Å²) in [6.45, 7) is 9.19. The number of nitrogens with one attached hydrogen (secondary N) is 1. The minimum atomic E-state index is -0.152. The maximum absolute atomic E-state index is 11.2. The molecule has 0 aliphatic carbocycles. The highest BCUT2D eigenvalue weighted by molar-refractivity contribution is 5.70. The minimum absolute atomic E-state index is 0.152. The number of rotatable bonds is 5. The molecule has 0 aromatic heterocycles. The van der Waals surface area contributed by atoms with Gasteiger partial charge < -0.3 is 10.1 Å². The highest BCUT2D eigenvalue weighted by Crippen LogP contribution is 2.18. The van der Waals surface area contributed by atoms with Gasteiger partial charge in [0, 0.05) is 12.2 Å². The molecular formula is C14H21NO2. The van der Waals surface area contributed by atoms with Crippen molar-refractivity contribution in [2.24, 2.45) is 0 Å². The summed E-state index contributed by atoms with van der Waals surface area (Å²) in [4.78, 5) is 11.2. The normalized spacial score (nSPS) is 10.1. The Kier molecular flexibility index (Phi) is 5.01. The first-order valence-electron chi connectivity index (χ1n) is 6.02. The van der Waals surface area contributed by atoms with Gasteiger partial charge in [-0.05, 0) is 56.5 Å². The van der Waals surface area contributed by atoms with Crippen molar-refractivity contribution in [2.75, 3.05) is 18.5 Å². The van der Waals surface area contributed by atoms with E-state index < -0.39 is 0 Å². The van der Waals surface area contributed by atoms with Crippen LogP contribution >= 0.6 is 0 Å². The van der Waals surface area contributed by atoms with Gasteiger partial charge in [-0.3, -0.25) is 4.79 Å². The number of anilines is 1. The molecule has 0 bridgehead atoms. The average molecular weight is 235 g/mol. The van der Waals surface area contributed by atoms with Crippen LogP contribution in [0, 0.1) is 20.8 Å². The smallest absolute Gasteiger partial charge is 0.307 e. The molecule has 0 saturated carbocycles. The Labute approximate surface area is 103 Å². The van der Waals surface area contributed by atoms with Crippen LogP contribution < -0.4 is 5.32 Å². The summed E-state index contributed by atoms with van der Waals surface area (Å²) in [5, 5.41) is 3.24. The van der Waals surface area contributed by atoms with Crippen molar-refractivity contribution in [3.05, 3.63) is 28.8 Å². The predicted molar refractivity (Wildman–Crippen MR) is 70.4 cm³/mol. The van der Waals surface area contributed by atoms with E-state index in [0.29, 0.717) is 19.6 Å². The standard InChI is InChI=1S/C14H21NO2/c1-5-17-14(16)6-7-15-13-8-10(2)12(4)11(3)9-13/h8-9,15H,5-7H2,1-4H3. The van der Waals surface area contributed by atoms with Gasteiger partial charge in [-0.25, -0.2) is 0 Å². The maximum Gasteiger partial charge on any atom is 0.307 e. The number of carbonyl (C=O) groups excluding carboxylic acids is 1. The Morgan fingerprint density at radius 1 is 1.24 bits per heavy atom. The summed E-state index contributed by atoms with van der Waals surface area (Å²) in [7, 11) is 0. The minimum Gasteiger partial charge on any atom is -0.466 e. The SMILES string of the molecule is CCOC(=O)CCNc1cc(C)c(C)c(C)c1. The molecule has 17 heavy (non-hydrogen) atoms. The molecule has 0 heterocycles. The lowest BCUT2D eigenvalue weighted by molar-refractivity contribution is -0.142. The molecule has 0 atom stereocenters. The van der Waals surface area contributed by atoms with E-state index in [-0.39, 0.29) is 5.97 Å². The van der Waals surface area contributed by atoms with Crippen LogP contribution in [0.15, 0.2) is 12.1 Å². The molecule has 1 aromatic rings. The van der Waals surface area contributed by atoms with Gasteiger partial charge in [0.2, 0.25) is 0 Å². The largest absolute Gasteiger partial charge is 0.466 e. The molecule has 3 heteroatoms. The first kappa shape index (κ1) is 13.6.